The summed E-state index contributed by atoms with van der Waals surface area (Å²) in [6, 6.07) is 4.52. The van der Waals surface area contributed by atoms with Crippen LogP contribution in [0.1, 0.15) is 43.5 Å². The molecule has 3 rings (SSSR count). The Bertz CT molecular complexity index is 886. The van der Waals surface area contributed by atoms with Gasteiger partial charge in [0.1, 0.15) is 10.6 Å². The molecule has 0 N–H and O–H groups in total. The molecular formula is C21H31N3O5S. The van der Waals surface area contributed by atoms with Gasteiger partial charge < -0.3 is 14.5 Å². The number of hydrogen-bond acceptors (Lipinski definition) is 5. The SMILES string of the molecule is CCN(CC)S(=O)(=O)c1cc(C(=O)N2CCN(C(=O)C3CCC3)CC2)ccc1OC. The molecule has 2 aliphatic rings. The highest BCUT2D eigenvalue weighted by molar-refractivity contribution is 7.89. The number of ether oxygens (including phenoxy) is 1. The number of methoxy groups -OCH3 is 1. The number of hydrogen-bond donors (Lipinski definition) is 0. The Morgan fingerprint density at radius 3 is 2.17 bits per heavy atom. The van der Waals surface area contributed by atoms with Crippen molar-refractivity contribution >= 4 is 21.8 Å². The minimum atomic E-state index is -3.77. The third kappa shape index (κ3) is 4.32. The average Bonchev–Trinajstić information content (AvgIpc) is 2.72. The Morgan fingerprint density at radius 2 is 1.67 bits per heavy atom. The third-order valence-electron chi connectivity index (χ3n) is 6.07. The highest BCUT2D eigenvalue weighted by Gasteiger charge is 2.33. The Kier molecular flexibility index (Phi) is 7.02. The molecule has 1 aliphatic heterocycles. The lowest BCUT2D eigenvalue weighted by Crippen LogP contribution is -2.52. The number of carbonyl (C=O) groups is 2. The lowest BCUT2D eigenvalue weighted by molar-refractivity contribution is -0.139. The van der Waals surface area contributed by atoms with E-state index in [2.05, 4.69) is 0 Å². The number of amides is 2. The first-order chi connectivity index (χ1) is 14.3. The van der Waals surface area contributed by atoms with Crippen molar-refractivity contribution in [2.24, 2.45) is 5.92 Å². The summed E-state index contributed by atoms with van der Waals surface area (Å²) in [5.41, 5.74) is 0.306. The van der Waals surface area contributed by atoms with Crippen LogP contribution in [-0.4, -0.2) is 80.7 Å². The molecule has 1 heterocycles. The van der Waals surface area contributed by atoms with Gasteiger partial charge in [-0.1, -0.05) is 20.3 Å². The quantitative estimate of drug-likeness (QED) is 0.649. The number of nitrogens with zero attached hydrogens (tertiary/aromatic N) is 3. The Hall–Kier alpha value is -2.13. The van der Waals surface area contributed by atoms with Crippen molar-refractivity contribution in [3.8, 4) is 5.75 Å². The molecule has 2 fully saturated rings. The van der Waals surface area contributed by atoms with Crippen LogP contribution < -0.4 is 4.74 Å². The molecule has 166 valence electrons. The first-order valence-corrected chi connectivity index (χ1v) is 12.0. The van der Waals surface area contributed by atoms with Crippen LogP contribution in [-0.2, 0) is 14.8 Å². The summed E-state index contributed by atoms with van der Waals surface area (Å²) in [7, 11) is -2.36. The van der Waals surface area contributed by atoms with E-state index in [1.165, 1.54) is 23.5 Å². The number of benzene rings is 1. The molecule has 0 radical (unpaired) electrons. The maximum Gasteiger partial charge on any atom is 0.254 e. The molecule has 0 unspecified atom stereocenters. The van der Waals surface area contributed by atoms with Crippen LogP contribution >= 0.6 is 0 Å². The van der Waals surface area contributed by atoms with Gasteiger partial charge in [0.05, 0.1) is 7.11 Å². The molecule has 1 aromatic rings. The van der Waals surface area contributed by atoms with Gasteiger partial charge in [0.25, 0.3) is 5.91 Å². The van der Waals surface area contributed by atoms with Gasteiger partial charge in [-0.25, -0.2) is 8.42 Å². The van der Waals surface area contributed by atoms with Crippen molar-refractivity contribution in [3.05, 3.63) is 23.8 Å². The zero-order valence-corrected chi connectivity index (χ0v) is 18.8. The molecule has 30 heavy (non-hydrogen) atoms. The molecule has 1 saturated carbocycles. The minimum absolute atomic E-state index is 0.00153. The van der Waals surface area contributed by atoms with Gasteiger partial charge in [0.15, 0.2) is 0 Å². The van der Waals surface area contributed by atoms with Crippen molar-refractivity contribution in [2.75, 3.05) is 46.4 Å². The second-order valence-corrected chi connectivity index (χ2v) is 9.61. The molecule has 0 atom stereocenters. The van der Waals surface area contributed by atoms with Gasteiger partial charge >= 0.3 is 0 Å². The van der Waals surface area contributed by atoms with Crippen LogP contribution in [0.25, 0.3) is 0 Å². The van der Waals surface area contributed by atoms with Crippen molar-refractivity contribution in [2.45, 2.75) is 38.0 Å². The molecule has 9 heteroatoms. The van der Waals surface area contributed by atoms with E-state index < -0.39 is 10.0 Å². The van der Waals surface area contributed by atoms with E-state index in [1.54, 1.807) is 24.8 Å². The predicted molar refractivity (Wildman–Crippen MR) is 113 cm³/mol. The second kappa shape index (κ2) is 9.34. The van der Waals surface area contributed by atoms with Crippen molar-refractivity contribution in [3.63, 3.8) is 0 Å². The lowest BCUT2D eigenvalue weighted by atomic mass is 9.84. The zero-order chi connectivity index (χ0) is 21.9. The molecule has 2 amide bonds. The minimum Gasteiger partial charge on any atom is -0.495 e. The van der Waals surface area contributed by atoms with E-state index in [4.69, 9.17) is 4.74 Å². The van der Waals surface area contributed by atoms with E-state index in [1.807, 2.05) is 4.90 Å². The summed E-state index contributed by atoms with van der Waals surface area (Å²) < 4.78 is 32.6. The molecule has 0 bridgehead atoms. The maximum absolute atomic E-state index is 13.0. The summed E-state index contributed by atoms with van der Waals surface area (Å²) in [4.78, 5) is 29.0. The number of piperazine rings is 1. The third-order valence-corrected chi connectivity index (χ3v) is 8.14. The molecule has 0 aromatic heterocycles. The molecule has 8 nitrogen and oxygen atoms in total. The molecule has 1 saturated heterocycles. The lowest BCUT2D eigenvalue weighted by Gasteiger charge is -2.38. The summed E-state index contributed by atoms with van der Waals surface area (Å²) in [5.74, 6) is 0.339. The van der Waals surface area contributed by atoms with E-state index in [9.17, 15) is 18.0 Å². The smallest absolute Gasteiger partial charge is 0.254 e. The molecule has 1 aromatic carbocycles. The van der Waals surface area contributed by atoms with Gasteiger partial charge in [-0.05, 0) is 31.0 Å². The number of carbonyl (C=O) groups excluding carboxylic acids is 2. The summed E-state index contributed by atoms with van der Waals surface area (Å²) in [6.07, 6.45) is 3.05. The molecule has 1 aliphatic carbocycles. The van der Waals surface area contributed by atoms with Crippen LogP contribution in [0.2, 0.25) is 0 Å². The van der Waals surface area contributed by atoms with Gasteiger partial charge in [0.2, 0.25) is 15.9 Å². The topological polar surface area (TPSA) is 87.2 Å². The first-order valence-electron chi connectivity index (χ1n) is 10.6. The van der Waals surface area contributed by atoms with Gasteiger partial charge in [-0.15, -0.1) is 0 Å². The summed E-state index contributed by atoms with van der Waals surface area (Å²) in [6.45, 7) is 6.13. The fourth-order valence-corrected chi connectivity index (χ4v) is 5.58. The van der Waals surface area contributed by atoms with Crippen LogP contribution in [0.4, 0.5) is 0 Å². The number of rotatable bonds is 7. The van der Waals surface area contributed by atoms with Gasteiger partial charge in [-0.3, -0.25) is 9.59 Å². The van der Waals surface area contributed by atoms with Crippen LogP contribution in [0.3, 0.4) is 0 Å². The average molecular weight is 438 g/mol. The summed E-state index contributed by atoms with van der Waals surface area (Å²) in [5, 5.41) is 0. The standard InChI is InChI=1S/C21H31N3O5S/c1-4-24(5-2)30(27,28)19-15-17(9-10-18(19)29-3)21(26)23-13-11-22(12-14-23)20(25)16-7-6-8-16/h9-10,15-16H,4-8,11-14H2,1-3H3. The van der Waals surface area contributed by atoms with E-state index in [0.29, 0.717) is 44.8 Å². The summed E-state index contributed by atoms with van der Waals surface area (Å²) >= 11 is 0. The van der Waals surface area contributed by atoms with Crippen molar-refractivity contribution in [1.82, 2.24) is 14.1 Å². The van der Waals surface area contributed by atoms with Crippen molar-refractivity contribution < 1.29 is 22.7 Å². The predicted octanol–water partition coefficient (Wildman–Crippen LogP) is 1.81. The van der Waals surface area contributed by atoms with Crippen LogP contribution in [0, 0.1) is 5.92 Å². The Labute approximate surface area is 178 Å². The first kappa shape index (κ1) is 22.6. The van der Waals surface area contributed by atoms with Crippen LogP contribution in [0.15, 0.2) is 23.1 Å². The number of sulfonamides is 1. The van der Waals surface area contributed by atoms with Gasteiger partial charge in [-0.2, -0.15) is 4.31 Å². The normalized spacial score (nSPS) is 17.7. The molecule has 0 spiro atoms. The van der Waals surface area contributed by atoms with E-state index >= 15 is 0 Å². The maximum atomic E-state index is 13.0. The van der Waals surface area contributed by atoms with E-state index in [0.717, 1.165) is 19.3 Å². The van der Waals surface area contributed by atoms with Gasteiger partial charge in [0, 0.05) is 50.7 Å². The van der Waals surface area contributed by atoms with Crippen molar-refractivity contribution in [1.29, 1.82) is 0 Å². The Balaban J connectivity index is 1.76. The van der Waals surface area contributed by atoms with Crippen LogP contribution in [0.5, 0.6) is 5.75 Å². The monoisotopic (exact) mass is 437 g/mol. The zero-order valence-electron chi connectivity index (χ0n) is 18.0. The largest absolute Gasteiger partial charge is 0.495 e. The highest BCUT2D eigenvalue weighted by Crippen LogP contribution is 2.30. The highest BCUT2D eigenvalue weighted by atomic mass is 32.2. The second-order valence-electron chi connectivity index (χ2n) is 7.70. The fraction of sp³-hybridized carbons (Fsp3) is 0.619. The van der Waals surface area contributed by atoms with E-state index in [-0.39, 0.29) is 28.4 Å². The fourth-order valence-electron chi connectivity index (χ4n) is 3.94. The Morgan fingerprint density at radius 1 is 1.07 bits per heavy atom. The molecular weight excluding hydrogens is 406 g/mol.